The molecule has 2 heterocycles. The first-order valence-corrected chi connectivity index (χ1v) is 6.75. The molecule has 3 rings (SSSR count). The van der Waals surface area contributed by atoms with Crippen LogP contribution < -0.4 is 5.73 Å². The van der Waals surface area contributed by atoms with E-state index in [4.69, 9.17) is 5.73 Å². The molecule has 3 aromatic rings. The second-order valence-corrected chi connectivity index (χ2v) is 5.67. The van der Waals surface area contributed by atoms with Gasteiger partial charge in [-0.3, -0.25) is 4.98 Å². The monoisotopic (exact) mass is 304 g/mol. The number of aromatic nitrogens is 1. The topological polar surface area (TPSA) is 38.9 Å². The molecule has 2 nitrogen and oxygen atoms in total. The normalized spacial score (nSPS) is 10.9. The summed E-state index contributed by atoms with van der Waals surface area (Å²) in [6.45, 7) is 0. The number of benzene rings is 1. The van der Waals surface area contributed by atoms with Crippen molar-refractivity contribution < 1.29 is 0 Å². The van der Waals surface area contributed by atoms with Crippen molar-refractivity contribution in [1.29, 1.82) is 0 Å². The number of hydrogen-bond donors (Lipinski definition) is 1. The van der Waals surface area contributed by atoms with Gasteiger partial charge in [-0.1, -0.05) is 22.0 Å². The van der Waals surface area contributed by atoms with Gasteiger partial charge in [-0.15, -0.1) is 11.3 Å². The zero-order valence-corrected chi connectivity index (χ0v) is 11.3. The number of thiophene rings is 1. The number of rotatable bonds is 1. The van der Waals surface area contributed by atoms with Crippen LogP contribution in [0, 0.1) is 0 Å². The Morgan fingerprint density at radius 2 is 2.06 bits per heavy atom. The van der Waals surface area contributed by atoms with E-state index in [1.165, 1.54) is 10.1 Å². The molecule has 2 N–H and O–H groups in total. The fraction of sp³-hybridized carbons (Fsp3) is 0. The van der Waals surface area contributed by atoms with Crippen molar-refractivity contribution in [2.24, 2.45) is 0 Å². The van der Waals surface area contributed by atoms with Crippen LogP contribution in [0.15, 0.2) is 47.1 Å². The average molecular weight is 305 g/mol. The van der Waals surface area contributed by atoms with E-state index in [1.807, 2.05) is 18.2 Å². The molecular weight excluding hydrogens is 296 g/mol. The van der Waals surface area contributed by atoms with Crippen molar-refractivity contribution in [3.05, 3.63) is 47.1 Å². The number of nitrogens with two attached hydrogens (primary N) is 1. The molecule has 4 heteroatoms. The van der Waals surface area contributed by atoms with Gasteiger partial charge in [0.05, 0.1) is 10.6 Å². The number of halogens is 1. The third-order valence-electron chi connectivity index (χ3n) is 2.54. The quantitative estimate of drug-likeness (QED) is 0.727. The second-order valence-electron chi connectivity index (χ2n) is 3.74. The van der Waals surface area contributed by atoms with E-state index in [-0.39, 0.29) is 0 Å². The maximum Gasteiger partial charge on any atom is 0.0822 e. The fourth-order valence-corrected chi connectivity index (χ4v) is 3.40. The third-order valence-corrected chi connectivity index (χ3v) is 4.36. The van der Waals surface area contributed by atoms with Crippen LogP contribution in [0.3, 0.4) is 0 Å². The van der Waals surface area contributed by atoms with Gasteiger partial charge in [0.15, 0.2) is 0 Å². The van der Waals surface area contributed by atoms with Crippen molar-refractivity contribution in [2.45, 2.75) is 0 Å². The summed E-state index contributed by atoms with van der Waals surface area (Å²) in [6, 6.07) is 12.0. The Balaban J connectivity index is 2.22. The van der Waals surface area contributed by atoms with Crippen LogP contribution in [-0.2, 0) is 0 Å². The van der Waals surface area contributed by atoms with Gasteiger partial charge in [0.2, 0.25) is 0 Å². The summed E-state index contributed by atoms with van der Waals surface area (Å²) in [6.07, 6.45) is 1.74. The molecule has 0 radical (unpaired) electrons. The van der Waals surface area contributed by atoms with Gasteiger partial charge in [-0.05, 0) is 30.3 Å². The van der Waals surface area contributed by atoms with Gasteiger partial charge in [-0.25, -0.2) is 0 Å². The molecule has 1 aromatic carbocycles. The zero-order chi connectivity index (χ0) is 11.8. The summed E-state index contributed by atoms with van der Waals surface area (Å²) in [7, 11) is 0. The summed E-state index contributed by atoms with van der Waals surface area (Å²) in [5, 5.41) is 1.22. The van der Waals surface area contributed by atoms with E-state index < -0.39 is 0 Å². The molecule has 0 saturated carbocycles. The Bertz CT molecular complexity index is 691. The average Bonchev–Trinajstić information content (AvgIpc) is 2.74. The first kappa shape index (κ1) is 10.7. The summed E-state index contributed by atoms with van der Waals surface area (Å²) < 4.78 is 2.36. The molecule has 17 heavy (non-hydrogen) atoms. The Labute approximate surface area is 111 Å². The van der Waals surface area contributed by atoms with Crippen LogP contribution in [0.2, 0.25) is 0 Å². The molecule has 0 aliphatic heterocycles. The van der Waals surface area contributed by atoms with Crippen molar-refractivity contribution in [2.75, 3.05) is 5.73 Å². The minimum Gasteiger partial charge on any atom is -0.399 e. The standard InChI is InChI=1S/C13H9BrN2S/c14-10-2-1-3-12-9(10)7-13(17-12)11-6-8(15)4-5-16-11/h1-7H,(H2,15,16). The van der Waals surface area contributed by atoms with E-state index in [0.717, 1.165) is 20.7 Å². The van der Waals surface area contributed by atoms with Crippen LogP contribution >= 0.6 is 27.3 Å². The van der Waals surface area contributed by atoms with E-state index in [0.29, 0.717) is 0 Å². The fourth-order valence-electron chi connectivity index (χ4n) is 1.73. The van der Waals surface area contributed by atoms with E-state index in [1.54, 1.807) is 23.6 Å². The number of nitrogens with zero attached hydrogens (tertiary/aromatic N) is 1. The molecule has 0 fully saturated rings. The minimum atomic E-state index is 0.742. The maximum absolute atomic E-state index is 5.78. The first-order valence-electron chi connectivity index (χ1n) is 5.14. The lowest BCUT2D eigenvalue weighted by Crippen LogP contribution is -1.86. The summed E-state index contributed by atoms with van der Waals surface area (Å²) in [5.41, 5.74) is 7.45. The molecule has 0 saturated heterocycles. The molecule has 0 aliphatic rings. The lowest BCUT2D eigenvalue weighted by atomic mass is 10.2. The van der Waals surface area contributed by atoms with Crippen LogP contribution in [0.5, 0.6) is 0 Å². The molecule has 0 aliphatic carbocycles. The van der Waals surface area contributed by atoms with E-state index in [2.05, 4.69) is 33.0 Å². The van der Waals surface area contributed by atoms with Gasteiger partial charge in [0, 0.05) is 26.4 Å². The molecule has 0 spiro atoms. The highest BCUT2D eigenvalue weighted by atomic mass is 79.9. The first-order chi connectivity index (χ1) is 8.24. The Morgan fingerprint density at radius 1 is 1.18 bits per heavy atom. The summed E-state index contributed by atoms with van der Waals surface area (Å²) in [5.74, 6) is 0. The van der Waals surface area contributed by atoms with Gasteiger partial charge < -0.3 is 5.73 Å². The molecule has 84 valence electrons. The third kappa shape index (κ3) is 1.94. The van der Waals surface area contributed by atoms with Crippen LogP contribution in [0.4, 0.5) is 5.69 Å². The number of hydrogen-bond acceptors (Lipinski definition) is 3. The summed E-state index contributed by atoms with van der Waals surface area (Å²) >= 11 is 5.28. The molecule has 0 unspecified atom stereocenters. The smallest absolute Gasteiger partial charge is 0.0822 e. The lowest BCUT2D eigenvalue weighted by molar-refractivity contribution is 1.34. The van der Waals surface area contributed by atoms with Crippen molar-refractivity contribution in [3.63, 3.8) is 0 Å². The van der Waals surface area contributed by atoms with Crippen LogP contribution in [-0.4, -0.2) is 4.98 Å². The Morgan fingerprint density at radius 3 is 2.82 bits per heavy atom. The van der Waals surface area contributed by atoms with Crippen molar-refractivity contribution in [1.82, 2.24) is 4.98 Å². The molecule has 0 amide bonds. The van der Waals surface area contributed by atoms with Crippen molar-refractivity contribution in [3.8, 4) is 10.6 Å². The molecule has 0 bridgehead atoms. The predicted molar refractivity (Wildman–Crippen MR) is 77.2 cm³/mol. The molecular formula is C13H9BrN2S. The van der Waals surface area contributed by atoms with Gasteiger partial charge in [0.1, 0.15) is 0 Å². The van der Waals surface area contributed by atoms with E-state index in [9.17, 15) is 0 Å². The molecule has 0 atom stereocenters. The summed E-state index contributed by atoms with van der Waals surface area (Å²) in [4.78, 5) is 5.49. The Kier molecular flexibility index (Phi) is 2.61. The molecule has 2 aromatic heterocycles. The van der Waals surface area contributed by atoms with Crippen LogP contribution in [0.1, 0.15) is 0 Å². The lowest BCUT2D eigenvalue weighted by Gasteiger charge is -1.96. The van der Waals surface area contributed by atoms with E-state index >= 15 is 0 Å². The highest BCUT2D eigenvalue weighted by Crippen LogP contribution is 2.36. The number of pyridine rings is 1. The largest absolute Gasteiger partial charge is 0.399 e. The number of fused-ring (bicyclic) bond motifs is 1. The number of nitrogen functional groups attached to an aromatic ring is 1. The second kappa shape index (κ2) is 4.13. The highest BCUT2D eigenvalue weighted by Gasteiger charge is 2.07. The highest BCUT2D eigenvalue weighted by molar-refractivity contribution is 9.10. The van der Waals surface area contributed by atoms with Crippen molar-refractivity contribution >= 4 is 43.0 Å². The minimum absolute atomic E-state index is 0.742. The van der Waals surface area contributed by atoms with Gasteiger partial charge in [0.25, 0.3) is 0 Å². The predicted octanol–water partition coefficient (Wildman–Crippen LogP) is 4.31. The number of anilines is 1. The Hall–Kier alpha value is -1.39. The SMILES string of the molecule is Nc1ccnc(-c2cc3c(Br)cccc3s2)c1. The zero-order valence-electron chi connectivity index (χ0n) is 8.85. The van der Waals surface area contributed by atoms with Gasteiger partial charge >= 0.3 is 0 Å². The van der Waals surface area contributed by atoms with Crippen LogP contribution in [0.25, 0.3) is 20.7 Å². The van der Waals surface area contributed by atoms with Gasteiger partial charge in [-0.2, -0.15) is 0 Å². The maximum atomic E-state index is 5.78.